The van der Waals surface area contributed by atoms with Crippen molar-refractivity contribution in [2.45, 2.75) is 102 Å². The lowest BCUT2D eigenvalue weighted by atomic mass is 9.55. The summed E-state index contributed by atoms with van der Waals surface area (Å²) in [6.45, 7) is 9.26. The van der Waals surface area contributed by atoms with Crippen LogP contribution >= 0.6 is 0 Å². The summed E-state index contributed by atoms with van der Waals surface area (Å²) in [5.74, 6) is -4.32. The molecule has 0 aromatic heterocycles. The normalized spacial score (nSPS) is 48.7. The number of hydrogen-bond donors (Lipinski definition) is 3. The van der Waals surface area contributed by atoms with E-state index in [1.54, 1.807) is 0 Å². The summed E-state index contributed by atoms with van der Waals surface area (Å²) >= 11 is 0. The van der Waals surface area contributed by atoms with Gasteiger partial charge in [-0.25, -0.2) is 4.79 Å². The molecule has 210 valence electrons. The quantitative estimate of drug-likeness (QED) is 0.188. The van der Waals surface area contributed by atoms with E-state index in [9.17, 15) is 34.5 Å². The van der Waals surface area contributed by atoms with E-state index in [1.165, 1.54) is 45.9 Å². The molecular weight excluding hydrogens is 504 g/mol. The number of ether oxygens (including phenoxy) is 5. The van der Waals surface area contributed by atoms with Crippen molar-refractivity contribution in [1.29, 1.82) is 0 Å². The van der Waals surface area contributed by atoms with Crippen LogP contribution in [0.25, 0.3) is 0 Å². The second-order valence-electron chi connectivity index (χ2n) is 11.1. The fraction of sp³-hybridized carbons (Fsp3) is 0.692. The summed E-state index contributed by atoms with van der Waals surface area (Å²) in [5, 5.41) is 35.0. The number of aliphatic hydroxyl groups excluding tert-OH is 2. The average molecular weight is 539 g/mol. The van der Waals surface area contributed by atoms with Crippen molar-refractivity contribution in [2.75, 3.05) is 0 Å². The smallest absolute Gasteiger partial charge is 0.342 e. The highest BCUT2D eigenvalue weighted by Crippen LogP contribution is 2.65. The molecule has 2 heterocycles. The summed E-state index contributed by atoms with van der Waals surface area (Å²) in [4.78, 5) is 49.3. The molecular formula is C26H34O12. The van der Waals surface area contributed by atoms with Gasteiger partial charge in [-0.05, 0) is 38.5 Å². The van der Waals surface area contributed by atoms with Gasteiger partial charge in [0.05, 0.1) is 6.10 Å². The molecule has 2 fully saturated rings. The maximum atomic E-state index is 13.0. The monoisotopic (exact) mass is 538 g/mol. The van der Waals surface area contributed by atoms with Crippen molar-refractivity contribution in [3.05, 3.63) is 23.8 Å². The zero-order chi connectivity index (χ0) is 28.6. The molecule has 2 aliphatic carbocycles. The van der Waals surface area contributed by atoms with Crippen LogP contribution in [0.2, 0.25) is 0 Å². The lowest BCUT2D eigenvalue weighted by Crippen LogP contribution is -2.68. The number of aliphatic hydroxyl groups is 3. The Morgan fingerprint density at radius 1 is 0.974 bits per heavy atom. The topological polar surface area (TPSA) is 178 Å². The molecule has 3 N–H and O–H groups in total. The number of carbonyl (C=O) groups excluding carboxylic acids is 4. The maximum absolute atomic E-state index is 13.0. The third-order valence-electron chi connectivity index (χ3n) is 8.37. The molecule has 4 aliphatic rings. The van der Waals surface area contributed by atoms with Crippen molar-refractivity contribution in [3.8, 4) is 0 Å². The zero-order valence-electron chi connectivity index (χ0n) is 22.3. The SMILES string of the molecule is CC(=O)O[C@@H]1[C@H]2[C@](C)(O)[C@H](OC(C)=O)C=C[C@]2(C)[C@@H](O)[C@H](O)[C@@H](OC(C)=O)/C(C)=C\[C@@H]2OC(=O)[C@]3(C)O[C@@]213. The van der Waals surface area contributed by atoms with Gasteiger partial charge in [-0.15, -0.1) is 0 Å². The Morgan fingerprint density at radius 2 is 1.55 bits per heavy atom. The van der Waals surface area contributed by atoms with Gasteiger partial charge in [-0.2, -0.15) is 0 Å². The summed E-state index contributed by atoms with van der Waals surface area (Å²) in [7, 11) is 0. The van der Waals surface area contributed by atoms with Gasteiger partial charge < -0.3 is 39.0 Å². The largest absolute Gasteiger partial charge is 0.459 e. The lowest BCUT2D eigenvalue weighted by molar-refractivity contribution is -0.225. The van der Waals surface area contributed by atoms with Crippen molar-refractivity contribution in [3.63, 3.8) is 0 Å². The van der Waals surface area contributed by atoms with Gasteiger partial charge in [-0.1, -0.05) is 13.0 Å². The van der Waals surface area contributed by atoms with Crippen LogP contribution in [-0.4, -0.2) is 92.6 Å². The highest BCUT2D eigenvalue weighted by molar-refractivity contribution is 5.89. The molecule has 38 heavy (non-hydrogen) atoms. The summed E-state index contributed by atoms with van der Waals surface area (Å²) in [6.07, 6.45) is -4.49. The number of carbonyl (C=O) groups is 4. The van der Waals surface area contributed by atoms with E-state index in [2.05, 4.69) is 0 Å². The third-order valence-corrected chi connectivity index (χ3v) is 8.37. The van der Waals surface area contributed by atoms with Gasteiger partial charge in [0.1, 0.15) is 23.9 Å². The van der Waals surface area contributed by atoms with Gasteiger partial charge in [0, 0.05) is 32.1 Å². The highest BCUT2D eigenvalue weighted by atomic mass is 16.7. The highest BCUT2D eigenvalue weighted by Gasteiger charge is 2.87. The molecule has 0 radical (unpaired) electrons. The third kappa shape index (κ3) is 3.88. The van der Waals surface area contributed by atoms with Crippen molar-refractivity contribution in [2.24, 2.45) is 11.3 Å². The summed E-state index contributed by atoms with van der Waals surface area (Å²) < 4.78 is 28.2. The number of hydrogen-bond acceptors (Lipinski definition) is 12. The van der Waals surface area contributed by atoms with E-state index in [0.29, 0.717) is 0 Å². The van der Waals surface area contributed by atoms with Crippen LogP contribution < -0.4 is 0 Å². The number of fused-ring (bicyclic) bond motifs is 1. The second kappa shape index (κ2) is 8.87. The minimum Gasteiger partial charge on any atom is -0.459 e. The molecule has 0 aromatic rings. The van der Waals surface area contributed by atoms with Crippen molar-refractivity contribution < 1.29 is 58.2 Å². The second-order valence-corrected chi connectivity index (χ2v) is 11.1. The number of epoxide rings is 1. The molecule has 2 aliphatic heterocycles. The fourth-order valence-corrected chi connectivity index (χ4v) is 6.52. The van der Waals surface area contributed by atoms with E-state index in [4.69, 9.17) is 23.7 Å². The molecule has 0 amide bonds. The van der Waals surface area contributed by atoms with Gasteiger partial charge in [-0.3, -0.25) is 14.4 Å². The van der Waals surface area contributed by atoms with Gasteiger partial charge >= 0.3 is 23.9 Å². The maximum Gasteiger partial charge on any atom is 0.342 e. The molecule has 0 saturated carbocycles. The van der Waals surface area contributed by atoms with Crippen LogP contribution in [0.1, 0.15) is 48.5 Å². The van der Waals surface area contributed by atoms with Crippen LogP contribution in [0.15, 0.2) is 23.8 Å². The van der Waals surface area contributed by atoms with Crippen molar-refractivity contribution in [1.82, 2.24) is 0 Å². The first-order chi connectivity index (χ1) is 17.4. The first kappa shape index (κ1) is 28.2. The molecule has 1 spiro atoms. The minimum atomic E-state index is -2.04. The van der Waals surface area contributed by atoms with E-state index in [0.717, 1.165) is 20.8 Å². The fourth-order valence-electron chi connectivity index (χ4n) is 6.52. The first-order valence-electron chi connectivity index (χ1n) is 12.3. The summed E-state index contributed by atoms with van der Waals surface area (Å²) in [5.41, 5.74) is -6.67. The van der Waals surface area contributed by atoms with Crippen LogP contribution in [0.4, 0.5) is 0 Å². The molecule has 0 aromatic carbocycles. The molecule has 11 atom stereocenters. The molecule has 0 unspecified atom stereocenters. The Labute approximate surface area is 219 Å². The molecule has 12 heteroatoms. The molecule has 4 rings (SSSR count). The standard InChI is InChI=1S/C26H34O12/c1-11-10-16-26(25(7,38-26)22(32)37-16)21(36-14(4)29)19-23(5,20(31)17(30)18(11)35-13(3)28)9-8-15(24(19,6)33)34-12(2)27/h8-10,15-21,30-31,33H,1-7H3/b11-10-/t15-,16+,17-,18+,19-,20+,21-,23+,24-,25+,26+/m1/s1. The Morgan fingerprint density at radius 3 is 2.08 bits per heavy atom. The zero-order valence-corrected chi connectivity index (χ0v) is 22.3. The van der Waals surface area contributed by atoms with Crippen LogP contribution in [0, 0.1) is 11.3 Å². The summed E-state index contributed by atoms with van der Waals surface area (Å²) in [6, 6.07) is 0. The first-order valence-corrected chi connectivity index (χ1v) is 12.3. The van der Waals surface area contributed by atoms with E-state index in [1.807, 2.05) is 0 Å². The predicted octanol–water partition coefficient (Wildman–Crippen LogP) is -0.140. The van der Waals surface area contributed by atoms with Crippen LogP contribution in [0.5, 0.6) is 0 Å². The molecule has 0 bridgehead atoms. The minimum absolute atomic E-state index is 0.247. The number of rotatable bonds is 3. The molecule has 12 nitrogen and oxygen atoms in total. The Balaban J connectivity index is 2.03. The van der Waals surface area contributed by atoms with Gasteiger partial charge in [0.25, 0.3) is 0 Å². The number of esters is 4. The molecule has 2 saturated heterocycles. The van der Waals surface area contributed by atoms with Crippen LogP contribution in [0.3, 0.4) is 0 Å². The predicted molar refractivity (Wildman–Crippen MR) is 126 cm³/mol. The Kier molecular flexibility index (Phi) is 6.58. The van der Waals surface area contributed by atoms with Gasteiger partial charge in [0.15, 0.2) is 23.4 Å². The van der Waals surface area contributed by atoms with E-state index < -0.39 is 88.6 Å². The van der Waals surface area contributed by atoms with Gasteiger partial charge in [0.2, 0.25) is 0 Å². The van der Waals surface area contributed by atoms with E-state index >= 15 is 0 Å². The Bertz CT molecular complexity index is 1130. The van der Waals surface area contributed by atoms with Crippen molar-refractivity contribution >= 4 is 23.9 Å². The Hall–Kier alpha value is -2.80. The lowest BCUT2D eigenvalue weighted by Gasteiger charge is -2.55. The van der Waals surface area contributed by atoms with Crippen LogP contribution in [-0.2, 0) is 42.9 Å². The van der Waals surface area contributed by atoms with E-state index in [-0.39, 0.29) is 5.57 Å². The average Bonchev–Trinajstić information content (AvgIpc) is 3.38.